The third-order valence-electron chi connectivity index (χ3n) is 3.55. The highest BCUT2D eigenvalue weighted by Gasteiger charge is 2.22. The Labute approximate surface area is 160 Å². The molecule has 0 bridgehead atoms. The van der Waals surface area contributed by atoms with E-state index in [0.29, 0.717) is 5.69 Å². The van der Waals surface area contributed by atoms with Gasteiger partial charge in [0.05, 0.1) is 21.7 Å². The topological polar surface area (TPSA) is 154 Å². The predicted octanol–water partition coefficient (Wildman–Crippen LogP) is 2.93. The molecule has 0 aliphatic rings. The molecule has 0 amide bonds. The average molecular weight is 401 g/mol. The Bertz CT molecular complexity index is 1040. The minimum atomic E-state index is -1.06. The molecule has 3 rings (SSSR count). The van der Waals surface area contributed by atoms with Gasteiger partial charge in [-0.3, -0.25) is 29.6 Å². The average Bonchev–Trinajstić information content (AvgIpc) is 3.10. The van der Waals surface area contributed by atoms with Gasteiger partial charge in [0.2, 0.25) is 0 Å². The number of aliphatic carboxylic acids is 1. The number of rotatable bonds is 7. The monoisotopic (exact) mass is 401 g/mol. The third-order valence-corrected chi connectivity index (χ3v) is 4.47. The summed E-state index contributed by atoms with van der Waals surface area (Å²) in [6, 6.07) is 11.8. The summed E-state index contributed by atoms with van der Waals surface area (Å²) in [7, 11) is 0. The Hall–Kier alpha value is -3.80. The first-order chi connectivity index (χ1) is 13.4. The quantitative estimate of drug-likeness (QED) is 0.357. The maximum Gasteiger partial charge on any atom is 0.313 e. The first-order valence-electron chi connectivity index (χ1n) is 7.66. The van der Waals surface area contributed by atoms with E-state index in [9.17, 15) is 25.0 Å². The molecule has 0 radical (unpaired) electrons. The largest absolute Gasteiger partial charge is 0.481 e. The zero-order valence-corrected chi connectivity index (χ0v) is 14.8. The molecule has 1 N–H and O–H groups in total. The maximum absolute atomic E-state index is 11.2. The van der Waals surface area contributed by atoms with Gasteiger partial charge in [0.15, 0.2) is 11.0 Å². The summed E-state index contributed by atoms with van der Waals surface area (Å²) in [4.78, 5) is 31.8. The molecule has 0 saturated heterocycles. The van der Waals surface area contributed by atoms with Crippen molar-refractivity contribution in [3.63, 3.8) is 0 Å². The summed E-state index contributed by atoms with van der Waals surface area (Å²) in [6.45, 7) is 0. The van der Waals surface area contributed by atoms with Crippen molar-refractivity contribution in [1.82, 2.24) is 14.8 Å². The molecule has 28 heavy (non-hydrogen) atoms. The van der Waals surface area contributed by atoms with Crippen LogP contribution in [0.4, 0.5) is 11.4 Å². The van der Waals surface area contributed by atoms with Gasteiger partial charge in [-0.15, -0.1) is 10.2 Å². The van der Waals surface area contributed by atoms with Crippen LogP contribution in [0.25, 0.3) is 17.1 Å². The third kappa shape index (κ3) is 3.96. The van der Waals surface area contributed by atoms with Gasteiger partial charge in [0, 0.05) is 23.4 Å². The van der Waals surface area contributed by atoms with E-state index < -0.39 is 27.2 Å². The minimum Gasteiger partial charge on any atom is -0.481 e. The number of thioether (sulfide) groups is 1. The number of carboxylic acids is 1. The van der Waals surface area contributed by atoms with E-state index in [1.54, 1.807) is 30.3 Å². The summed E-state index contributed by atoms with van der Waals surface area (Å²) in [5, 5.41) is 39.5. The number of benzene rings is 2. The smallest absolute Gasteiger partial charge is 0.313 e. The first-order valence-corrected chi connectivity index (χ1v) is 8.65. The summed E-state index contributed by atoms with van der Waals surface area (Å²) >= 11 is 0.909. The van der Waals surface area contributed by atoms with Gasteiger partial charge < -0.3 is 5.11 Å². The summed E-state index contributed by atoms with van der Waals surface area (Å²) in [5.74, 6) is -1.22. The minimum absolute atomic E-state index is 0.111. The number of carboxylic acid groups (broad SMARTS) is 1. The fraction of sp³-hybridized carbons (Fsp3) is 0.0625. The Morgan fingerprint density at radius 1 is 1.04 bits per heavy atom. The number of nitrogens with zero attached hydrogens (tertiary/aromatic N) is 5. The molecule has 0 atom stereocenters. The lowest BCUT2D eigenvalue weighted by atomic mass is 10.1. The van der Waals surface area contributed by atoms with Crippen LogP contribution in [0.1, 0.15) is 0 Å². The van der Waals surface area contributed by atoms with Crippen molar-refractivity contribution in [3.8, 4) is 17.1 Å². The van der Waals surface area contributed by atoms with E-state index in [1.165, 1.54) is 4.57 Å². The van der Waals surface area contributed by atoms with Crippen LogP contribution in [0.15, 0.2) is 53.7 Å². The second-order valence-corrected chi connectivity index (χ2v) is 6.35. The van der Waals surface area contributed by atoms with Crippen molar-refractivity contribution >= 4 is 29.1 Å². The van der Waals surface area contributed by atoms with Gasteiger partial charge in [-0.25, -0.2) is 0 Å². The molecule has 0 spiro atoms. The number of hydrogen-bond acceptors (Lipinski definition) is 8. The fourth-order valence-corrected chi connectivity index (χ4v) is 3.09. The van der Waals surface area contributed by atoms with Crippen LogP contribution in [0.3, 0.4) is 0 Å². The molecule has 0 saturated carbocycles. The van der Waals surface area contributed by atoms with Crippen LogP contribution >= 0.6 is 11.8 Å². The van der Waals surface area contributed by atoms with Gasteiger partial charge in [-0.05, 0) is 12.1 Å². The molecule has 0 aliphatic heterocycles. The van der Waals surface area contributed by atoms with Crippen LogP contribution in [-0.2, 0) is 4.79 Å². The number of non-ortho nitro benzene ring substituents is 2. The maximum atomic E-state index is 11.2. The molecule has 1 heterocycles. The molecule has 12 heteroatoms. The van der Waals surface area contributed by atoms with Crippen molar-refractivity contribution in [2.75, 3.05) is 5.75 Å². The molecule has 2 aromatic carbocycles. The number of carbonyl (C=O) groups is 1. The molecule has 1 aromatic heterocycles. The lowest BCUT2D eigenvalue weighted by Gasteiger charge is -2.09. The Morgan fingerprint density at radius 3 is 2.18 bits per heavy atom. The van der Waals surface area contributed by atoms with Crippen molar-refractivity contribution in [2.45, 2.75) is 5.16 Å². The molecular weight excluding hydrogens is 390 g/mol. The second-order valence-electron chi connectivity index (χ2n) is 5.41. The van der Waals surface area contributed by atoms with E-state index in [0.717, 1.165) is 30.0 Å². The predicted molar refractivity (Wildman–Crippen MR) is 98.5 cm³/mol. The van der Waals surface area contributed by atoms with Crippen LogP contribution in [0.2, 0.25) is 0 Å². The second kappa shape index (κ2) is 7.84. The molecule has 142 valence electrons. The van der Waals surface area contributed by atoms with E-state index in [2.05, 4.69) is 10.2 Å². The highest BCUT2D eigenvalue weighted by molar-refractivity contribution is 7.99. The van der Waals surface area contributed by atoms with Crippen molar-refractivity contribution in [1.29, 1.82) is 0 Å². The Morgan fingerprint density at radius 2 is 1.64 bits per heavy atom. The van der Waals surface area contributed by atoms with Gasteiger partial charge >= 0.3 is 5.97 Å². The van der Waals surface area contributed by atoms with Gasteiger partial charge in [0.25, 0.3) is 11.4 Å². The number of para-hydroxylation sites is 1. The standard InChI is InChI=1S/C16H11N5O6S/c22-14(23)9-28-16-18-17-15(19(16)11-4-2-1-3-5-11)10-6-12(20(24)25)8-13(7-10)21(26)27/h1-8H,9H2,(H,22,23). The molecular formula is C16H11N5O6S. The lowest BCUT2D eigenvalue weighted by Crippen LogP contribution is -2.03. The summed E-state index contributed by atoms with van der Waals surface area (Å²) in [5.41, 5.74) is -0.248. The van der Waals surface area contributed by atoms with Crippen LogP contribution in [-0.4, -0.2) is 41.4 Å². The van der Waals surface area contributed by atoms with E-state index in [4.69, 9.17) is 5.11 Å². The van der Waals surface area contributed by atoms with E-state index in [-0.39, 0.29) is 22.3 Å². The molecule has 3 aromatic rings. The highest BCUT2D eigenvalue weighted by atomic mass is 32.2. The van der Waals surface area contributed by atoms with Gasteiger partial charge in [0.1, 0.15) is 0 Å². The Kier molecular flexibility index (Phi) is 5.31. The summed E-state index contributed by atoms with van der Waals surface area (Å²) in [6.07, 6.45) is 0. The molecule has 0 fully saturated rings. The normalized spacial score (nSPS) is 10.6. The number of hydrogen-bond donors (Lipinski definition) is 1. The van der Waals surface area contributed by atoms with Crippen molar-refractivity contribution in [3.05, 3.63) is 68.8 Å². The first kappa shape index (κ1) is 19.0. The molecule has 11 nitrogen and oxygen atoms in total. The fourth-order valence-electron chi connectivity index (χ4n) is 2.42. The SMILES string of the molecule is O=C(O)CSc1nnc(-c2cc([N+](=O)[O-])cc([N+](=O)[O-])c2)n1-c1ccccc1. The van der Waals surface area contributed by atoms with E-state index in [1.807, 2.05) is 0 Å². The number of nitro groups is 2. The van der Waals surface area contributed by atoms with Gasteiger partial charge in [-0.2, -0.15) is 0 Å². The van der Waals surface area contributed by atoms with Gasteiger partial charge in [-0.1, -0.05) is 30.0 Å². The van der Waals surface area contributed by atoms with Crippen LogP contribution < -0.4 is 0 Å². The Balaban J connectivity index is 2.21. The lowest BCUT2D eigenvalue weighted by molar-refractivity contribution is -0.394. The van der Waals surface area contributed by atoms with Crippen LogP contribution in [0.5, 0.6) is 0 Å². The molecule has 0 aliphatic carbocycles. The van der Waals surface area contributed by atoms with Crippen molar-refractivity contribution < 1.29 is 19.7 Å². The van der Waals surface area contributed by atoms with E-state index >= 15 is 0 Å². The highest BCUT2D eigenvalue weighted by Crippen LogP contribution is 2.32. The summed E-state index contributed by atoms with van der Waals surface area (Å²) < 4.78 is 1.50. The zero-order chi connectivity index (χ0) is 20.3. The zero-order valence-electron chi connectivity index (χ0n) is 14.0. The number of nitro benzene ring substituents is 2. The van der Waals surface area contributed by atoms with Crippen LogP contribution in [0, 0.1) is 20.2 Å². The molecule has 0 unspecified atom stereocenters. The van der Waals surface area contributed by atoms with Crippen molar-refractivity contribution in [2.24, 2.45) is 0 Å². The number of aromatic nitrogens is 3.